The normalized spacial score (nSPS) is 31.0. The topological polar surface area (TPSA) is 12.0 Å². The lowest BCUT2D eigenvalue weighted by Crippen LogP contribution is -2.36. The van der Waals surface area contributed by atoms with Gasteiger partial charge in [-0.1, -0.05) is 20.3 Å². The second-order valence-corrected chi connectivity index (χ2v) is 4.72. The van der Waals surface area contributed by atoms with Crippen LogP contribution in [0, 0.1) is 11.8 Å². The Hall–Kier alpha value is -0.0400. The average molecular weight is 169 g/mol. The zero-order chi connectivity index (χ0) is 8.97. The second-order valence-electron chi connectivity index (χ2n) is 4.72. The molecule has 0 spiro atoms. The van der Waals surface area contributed by atoms with Gasteiger partial charge in [-0.2, -0.15) is 0 Å². The Morgan fingerprint density at radius 2 is 2.08 bits per heavy atom. The van der Waals surface area contributed by atoms with Crippen LogP contribution >= 0.6 is 0 Å². The van der Waals surface area contributed by atoms with E-state index in [0.29, 0.717) is 0 Å². The van der Waals surface area contributed by atoms with Gasteiger partial charge in [-0.25, -0.2) is 0 Å². The van der Waals surface area contributed by atoms with Crippen molar-refractivity contribution in [3.63, 3.8) is 0 Å². The maximum atomic E-state index is 3.56. The largest absolute Gasteiger partial charge is 0.314 e. The van der Waals surface area contributed by atoms with E-state index in [2.05, 4.69) is 26.1 Å². The third-order valence-electron chi connectivity index (χ3n) is 2.92. The smallest absolute Gasteiger partial charge is 0.00389 e. The molecular formula is C11H23N. The molecule has 0 amide bonds. The molecule has 0 aromatic carbocycles. The van der Waals surface area contributed by atoms with Gasteiger partial charge in [0.25, 0.3) is 0 Å². The van der Waals surface area contributed by atoms with Gasteiger partial charge in [0.05, 0.1) is 0 Å². The standard InChI is InChI=1S/C11H23N/c1-9(2)4-6-11-7-5-10(3)12-8-11/h9-12H,4-8H2,1-3H3. The van der Waals surface area contributed by atoms with Crippen LogP contribution in [-0.2, 0) is 0 Å². The first-order valence-corrected chi connectivity index (χ1v) is 5.42. The summed E-state index contributed by atoms with van der Waals surface area (Å²) in [5.74, 6) is 1.84. The maximum absolute atomic E-state index is 3.56. The fourth-order valence-electron chi connectivity index (χ4n) is 1.87. The summed E-state index contributed by atoms with van der Waals surface area (Å²) in [4.78, 5) is 0. The first-order valence-electron chi connectivity index (χ1n) is 5.42. The molecule has 2 unspecified atom stereocenters. The number of piperidine rings is 1. The molecule has 1 heterocycles. The van der Waals surface area contributed by atoms with Gasteiger partial charge in [0.15, 0.2) is 0 Å². The van der Waals surface area contributed by atoms with Crippen LogP contribution in [0.4, 0.5) is 0 Å². The van der Waals surface area contributed by atoms with E-state index in [1.807, 2.05) is 0 Å². The van der Waals surface area contributed by atoms with E-state index in [1.165, 1.54) is 32.2 Å². The quantitative estimate of drug-likeness (QED) is 0.685. The number of nitrogens with one attached hydrogen (secondary N) is 1. The Labute approximate surface area is 76.9 Å². The van der Waals surface area contributed by atoms with Crippen molar-refractivity contribution in [2.75, 3.05) is 6.54 Å². The fraction of sp³-hybridized carbons (Fsp3) is 1.00. The molecule has 1 rings (SSSR count). The summed E-state index contributed by atoms with van der Waals surface area (Å²) in [6.45, 7) is 8.18. The van der Waals surface area contributed by atoms with Gasteiger partial charge in [-0.05, 0) is 44.6 Å². The van der Waals surface area contributed by atoms with Crippen molar-refractivity contribution in [1.82, 2.24) is 5.32 Å². The van der Waals surface area contributed by atoms with Crippen molar-refractivity contribution in [1.29, 1.82) is 0 Å². The zero-order valence-corrected chi connectivity index (χ0v) is 8.77. The zero-order valence-electron chi connectivity index (χ0n) is 8.77. The minimum absolute atomic E-state index is 0.764. The van der Waals surface area contributed by atoms with Crippen LogP contribution in [0.2, 0.25) is 0 Å². The molecule has 1 N–H and O–H groups in total. The molecule has 1 nitrogen and oxygen atoms in total. The average Bonchev–Trinajstić information content (AvgIpc) is 2.03. The lowest BCUT2D eigenvalue weighted by atomic mass is 9.89. The Morgan fingerprint density at radius 3 is 2.58 bits per heavy atom. The van der Waals surface area contributed by atoms with Crippen LogP contribution in [-0.4, -0.2) is 12.6 Å². The van der Waals surface area contributed by atoms with E-state index >= 15 is 0 Å². The van der Waals surface area contributed by atoms with Crippen molar-refractivity contribution in [3.8, 4) is 0 Å². The third kappa shape index (κ3) is 3.57. The van der Waals surface area contributed by atoms with Gasteiger partial charge < -0.3 is 5.32 Å². The Balaban J connectivity index is 2.09. The van der Waals surface area contributed by atoms with Gasteiger partial charge in [-0.3, -0.25) is 0 Å². The van der Waals surface area contributed by atoms with Gasteiger partial charge in [0.2, 0.25) is 0 Å². The van der Waals surface area contributed by atoms with Crippen LogP contribution in [0.1, 0.15) is 46.5 Å². The van der Waals surface area contributed by atoms with E-state index in [-0.39, 0.29) is 0 Å². The molecule has 2 atom stereocenters. The molecule has 1 fully saturated rings. The molecule has 0 saturated carbocycles. The summed E-state index contributed by atoms with van der Waals surface area (Å²) in [6.07, 6.45) is 5.65. The monoisotopic (exact) mass is 169 g/mol. The SMILES string of the molecule is CC(C)CCC1CCC(C)NC1. The molecule has 0 aromatic heterocycles. The lowest BCUT2D eigenvalue weighted by molar-refractivity contribution is 0.294. The number of hydrogen-bond donors (Lipinski definition) is 1. The molecule has 1 aliphatic rings. The first kappa shape index (κ1) is 10.0. The fourth-order valence-corrected chi connectivity index (χ4v) is 1.87. The molecule has 1 aliphatic heterocycles. The van der Waals surface area contributed by atoms with Gasteiger partial charge >= 0.3 is 0 Å². The predicted molar refractivity (Wildman–Crippen MR) is 54.3 cm³/mol. The number of hydrogen-bond acceptors (Lipinski definition) is 1. The molecule has 1 heteroatoms. The Kier molecular flexibility index (Phi) is 4.07. The van der Waals surface area contributed by atoms with E-state index in [0.717, 1.165) is 17.9 Å². The molecular weight excluding hydrogens is 146 g/mol. The summed E-state index contributed by atoms with van der Waals surface area (Å²) in [5.41, 5.74) is 0. The van der Waals surface area contributed by atoms with Crippen LogP contribution in [0.3, 0.4) is 0 Å². The summed E-state index contributed by atoms with van der Waals surface area (Å²) >= 11 is 0. The van der Waals surface area contributed by atoms with Crippen molar-refractivity contribution in [2.24, 2.45) is 11.8 Å². The maximum Gasteiger partial charge on any atom is 0.00389 e. The summed E-state index contributed by atoms with van der Waals surface area (Å²) in [6, 6.07) is 0.764. The molecule has 0 radical (unpaired) electrons. The highest BCUT2D eigenvalue weighted by Gasteiger charge is 2.16. The third-order valence-corrected chi connectivity index (χ3v) is 2.92. The molecule has 0 aromatic rings. The van der Waals surface area contributed by atoms with Gasteiger partial charge in [0, 0.05) is 6.04 Å². The predicted octanol–water partition coefficient (Wildman–Crippen LogP) is 2.81. The van der Waals surface area contributed by atoms with E-state index in [4.69, 9.17) is 0 Å². The second kappa shape index (κ2) is 4.86. The highest BCUT2D eigenvalue weighted by Crippen LogP contribution is 2.20. The highest BCUT2D eigenvalue weighted by atomic mass is 14.9. The van der Waals surface area contributed by atoms with Crippen LogP contribution < -0.4 is 5.32 Å². The van der Waals surface area contributed by atoms with E-state index in [9.17, 15) is 0 Å². The molecule has 0 aliphatic carbocycles. The Morgan fingerprint density at radius 1 is 1.33 bits per heavy atom. The van der Waals surface area contributed by atoms with Crippen LogP contribution in [0.5, 0.6) is 0 Å². The first-order chi connectivity index (χ1) is 5.68. The summed E-state index contributed by atoms with van der Waals surface area (Å²) in [5, 5.41) is 3.56. The summed E-state index contributed by atoms with van der Waals surface area (Å²) < 4.78 is 0. The Bertz CT molecular complexity index is 112. The minimum atomic E-state index is 0.764. The molecule has 1 saturated heterocycles. The van der Waals surface area contributed by atoms with Crippen molar-refractivity contribution >= 4 is 0 Å². The van der Waals surface area contributed by atoms with Crippen LogP contribution in [0.25, 0.3) is 0 Å². The van der Waals surface area contributed by atoms with Gasteiger partial charge in [0.1, 0.15) is 0 Å². The van der Waals surface area contributed by atoms with E-state index in [1.54, 1.807) is 0 Å². The lowest BCUT2D eigenvalue weighted by Gasteiger charge is -2.27. The van der Waals surface area contributed by atoms with Crippen molar-refractivity contribution < 1.29 is 0 Å². The van der Waals surface area contributed by atoms with Gasteiger partial charge in [-0.15, -0.1) is 0 Å². The summed E-state index contributed by atoms with van der Waals surface area (Å²) in [7, 11) is 0. The van der Waals surface area contributed by atoms with E-state index < -0.39 is 0 Å². The minimum Gasteiger partial charge on any atom is -0.314 e. The molecule has 72 valence electrons. The van der Waals surface area contributed by atoms with Crippen molar-refractivity contribution in [2.45, 2.75) is 52.5 Å². The molecule has 12 heavy (non-hydrogen) atoms. The molecule has 0 bridgehead atoms. The highest BCUT2D eigenvalue weighted by molar-refractivity contribution is 4.74. The van der Waals surface area contributed by atoms with Crippen molar-refractivity contribution in [3.05, 3.63) is 0 Å². The van der Waals surface area contributed by atoms with Crippen LogP contribution in [0.15, 0.2) is 0 Å². The number of rotatable bonds is 3.